The van der Waals surface area contributed by atoms with Crippen LogP contribution in [0.5, 0.6) is 5.75 Å². The van der Waals surface area contributed by atoms with E-state index in [9.17, 15) is 4.79 Å². The molecule has 0 spiro atoms. The molecule has 1 saturated carbocycles. The Morgan fingerprint density at radius 2 is 1.90 bits per heavy atom. The number of morpholine rings is 1. The van der Waals surface area contributed by atoms with Gasteiger partial charge in [-0.1, -0.05) is 37.8 Å². The number of rotatable bonds is 11. The van der Waals surface area contributed by atoms with E-state index in [0.717, 1.165) is 63.9 Å². The first-order chi connectivity index (χ1) is 14.2. The van der Waals surface area contributed by atoms with E-state index in [4.69, 9.17) is 9.47 Å². The molecule has 0 radical (unpaired) electrons. The average Bonchev–Trinajstić information content (AvgIpc) is 3.27. The summed E-state index contributed by atoms with van der Waals surface area (Å²) in [5.41, 5.74) is 1.18. The average molecular weight is 403 g/mol. The topological polar surface area (TPSA) is 42.0 Å². The summed E-state index contributed by atoms with van der Waals surface area (Å²) in [6.45, 7) is 8.90. The Kier molecular flexibility index (Phi) is 9.29. The molecule has 29 heavy (non-hydrogen) atoms. The van der Waals surface area contributed by atoms with Gasteiger partial charge in [0, 0.05) is 39.1 Å². The van der Waals surface area contributed by atoms with Gasteiger partial charge in [0.1, 0.15) is 5.75 Å². The smallest absolute Gasteiger partial charge is 0.222 e. The number of hydrogen-bond acceptors (Lipinski definition) is 4. The fourth-order valence-corrected chi connectivity index (χ4v) is 4.46. The monoisotopic (exact) mass is 402 g/mol. The Balaban J connectivity index is 1.52. The van der Waals surface area contributed by atoms with Crippen LogP contribution in [0.3, 0.4) is 0 Å². The van der Waals surface area contributed by atoms with Crippen molar-refractivity contribution in [3.05, 3.63) is 29.8 Å². The highest BCUT2D eigenvalue weighted by molar-refractivity contribution is 5.76. The van der Waals surface area contributed by atoms with Gasteiger partial charge in [-0.25, -0.2) is 0 Å². The number of amides is 1. The van der Waals surface area contributed by atoms with Crippen LogP contribution >= 0.6 is 0 Å². The number of carbonyl (C=O) groups is 1. The zero-order valence-corrected chi connectivity index (χ0v) is 18.1. The molecular formula is C24H38N2O3. The van der Waals surface area contributed by atoms with Gasteiger partial charge in [0.05, 0.1) is 19.8 Å². The van der Waals surface area contributed by atoms with Crippen molar-refractivity contribution >= 4 is 5.91 Å². The molecule has 2 fully saturated rings. The van der Waals surface area contributed by atoms with E-state index in [0.29, 0.717) is 25.5 Å². The van der Waals surface area contributed by atoms with E-state index >= 15 is 0 Å². The van der Waals surface area contributed by atoms with Gasteiger partial charge in [-0.15, -0.1) is 0 Å². The van der Waals surface area contributed by atoms with Crippen molar-refractivity contribution in [2.24, 2.45) is 5.92 Å². The van der Waals surface area contributed by atoms with Crippen molar-refractivity contribution in [3.8, 4) is 5.75 Å². The Morgan fingerprint density at radius 3 is 2.59 bits per heavy atom. The first-order valence-corrected chi connectivity index (χ1v) is 11.5. The maximum Gasteiger partial charge on any atom is 0.222 e. The molecule has 1 aromatic rings. The summed E-state index contributed by atoms with van der Waals surface area (Å²) in [6.07, 6.45) is 8.07. The lowest BCUT2D eigenvalue weighted by Gasteiger charge is -2.28. The third-order valence-corrected chi connectivity index (χ3v) is 6.21. The van der Waals surface area contributed by atoms with Crippen LogP contribution in [0.2, 0.25) is 0 Å². The highest BCUT2D eigenvalue weighted by Gasteiger charge is 2.20. The van der Waals surface area contributed by atoms with Crippen molar-refractivity contribution in [2.75, 3.05) is 46.0 Å². The zero-order chi connectivity index (χ0) is 20.3. The lowest BCUT2D eigenvalue weighted by atomic mass is 10.0. The molecule has 0 atom stereocenters. The summed E-state index contributed by atoms with van der Waals surface area (Å²) in [4.78, 5) is 17.5. The summed E-state index contributed by atoms with van der Waals surface area (Å²) in [7, 11) is 0. The Hall–Kier alpha value is -1.59. The van der Waals surface area contributed by atoms with E-state index in [1.54, 1.807) is 0 Å². The van der Waals surface area contributed by atoms with Crippen molar-refractivity contribution in [1.82, 2.24) is 9.80 Å². The van der Waals surface area contributed by atoms with Crippen LogP contribution in [0, 0.1) is 5.92 Å². The Labute approximate surface area is 176 Å². The third kappa shape index (κ3) is 7.63. The first-order valence-electron chi connectivity index (χ1n) is 11.5. The van der Waals surface area contributed by atoms with Crippen LogP contribution < -0.4 is 4.74 Å². The molecule has 1 aliphatic heterocycles. The van der Waals surface area contributed by atoms with Crippen LogP contribution in [0.15, 0.2) is 24.3 Å². The van der Waals surface area contributed by atoms with Crippen LogP contribution in [0.4, 0.5) is 0 Å². The molecule has 0 unspecified atom stereocenters. The lowest BCUT2D eigenvalue weighted by molar-refractivity contribution is -0.132. The molecule has 3 rings (SSSR count). The summed E-state index contributed by atoms with van der Waals surface area (Å²) in [5, 5.41) is 0. The van der Waals surface area contributed by atoms with Crippen LogP contribution in [0.25, 0.3) is 0 Å². The molecule has 1 aromatic carbocycles. The highest BCUT2D eigenvalue weighted by Crippen LogP contribution is 2.29. The van der Waals surface area contributed by atoms with E-state index in [-0.39, 0.29) is 0 Å². The second-order valence-electron chi connectivity index (χ2n) is 8.39. The molecule has 1 aliphatic carbocycles. The molecule has 0 aromatic heterocycles. The number of benzene rings is 1. The van der Waals surface area contributed by atoms with Gasteiger partial charge in [0.2, 0.25) is 5.91 Å². The lowest BCUT2D eigenvalue weighted by Crippen LogP contribution is -2.39. The van der Waals surface area contributed by atoms with Crippen molar-refractivity contribution < 1.29 is 14.3 Å². The third-order valence-electron chi connectivity index (χ3n) is 6.21. The van der Waals surface area contributed by atoms with Crippen molar-refractivity contribution in [1.29, 1.82) is 0 Å². The van der Waals surface area contributed by atoms with Crippen molar-refractivity contribution in [2.45, 2.75) is 58.4 Å². The molecule has 0 N–H and O–H groups in total. The molecule has 1 amide bonds. The molecular weight excluding hydrogens is 364 g/mol. The SMILES string of the molecule is CCOc1ccc(CN(CCCN2CCOCC2)C(=O)CCC2CCCC2)cc1. The van der Waals surface area contributed by atoms with E-state index in [1.807, 2.05) is 19.1 Å². The standard InChI is InChI=1S/C24H38N2O3/c1-2-29-23-11-8-22(9-12-23)20-26(15-5-14-25-16-18-28-19-17-25)24(27)13-10-21-6-3-4-7-21/h8-9,11-12,21H,2-7,10,13-20H2,1H3. The predicted molar refractivity (Wildman–Crippen MR) is 116 cm³/mol. The number of hydrogen-bond donors (Lipinski definition) is 0. The normalized spacial score (nSPS) is 18.1. The fraction of sp³-hybridized carbons (Fsp3) is 0.708. The molecule has 0 bridgehead atoms. The van der Waals surface area contributed by atoms with Crippen LogP contribution in [0.1, 0.15) is 57.4 Å². The molecule has 162 valence electrons. The van der Waals surface area contributed by atoms with E-state index in [1.165, 1.54) is 31.2 Å². The predicted octanol–water partition coefficient (Wildman–Crippen LogP) is 4.11. The number of nitrogens with zero attached hydrogens (tertiary/aromatic N) is 2. The molecule has 1 saturated heterocycles. The van der Waals surface area contributed by atoms with Gasteiger partial charge in [0.25, 0.3) is 0 Å². The Bertz CT molecular complexity index is 593. The van der Waals surface area contributed by atoms with E-state index < -0.39 is 0 Å². The molecule has 2 aliphatic rings. The van der Waals surface area contributed by atoms with Gasteiger partial charge in [-0.3, -0.25) is 9.69 Å². The quantitative estimate of drug-likeness (QED) is 0.559. The molecule has 5 nitrogen and oxygen atoms in total. The minimum atomic E-state index is 0.313. The highest BCUT2D eigenvalue weighted by atomic mass is 16.5. The van der Waals surface area contributed by atoms with Gasteiger partial charge in [-0.05, 0) is 43.4 Å². The van der Waals surface area contributed by atoms with Crippen LogP contribution in [-0.2, 0) is 16.1 Å². The van der Waals surface area contributed by atoms with Crippen molar-refractivity contribution in [3.63, 3.8) is 0 Å². The summed E-state index contributed by atoms with van der Waals surface area (Å²) in [6, 6.07) is 8.19. The maximum atomic E-state index is 13.0. The van der Waals surface area contributed by atoms with Gasteiger partial charge >= 0.3 is 0 Å². The van der Waals surface area contributed by atoms with Gasteiger partial charge in [0.15, 0.2) is 0 Å². The molecule has 1 heterocycles. The first kappa shape index (κ1) is 22.1. The minimum absolute atomic E-state index is 0.313. The van der Waals surface area contributed by atoms with Crippen LogP contribution in [-0.4, -0.2) is 61.7 Å². The summed E-state index contributed by atoms with van der Waals surface area (Å²) in [5.74, 6) is 1.97. The van der Waals surface area contributed by atoms with E-state index in [2.05, 4.69) is 21.9 Å². The largest absolute Gasteiger partial charge is 0.494 e. The maximum absolute atomic E-state index is 13.0. The number of carbonyl (C=O) groups excluding carboxylic acids is 1. The Morgan fingerprint density at radius 1 is 1.17 bits per heavy atom. The second kappa shape index (κ2) is 12.2. The minimum Gasteiger partial charge on any atom is -0.494 e. The van der Waals surface area contributed by atoms with Gasteiger partial charge in [-0.2, -0.15) is 0 Å². The number of ether oxygens (including phenoxy) is 2. The second-order valence-corrected chi connectivity index (χ2v) is 8.39. The summed E-state index contributed by atoms with van der Waals surface area (Å²) < 4.78 is 11.0. The zero-order valence-electron chi connectivity index (χ0n) is 18.1. The van der Waals surface area contributed by atoms with Gasteiger partial charge < -0.3 is 14.4 Å². The fourth-order valence-electron chi connectivity index (χ4n) is 4.46. The molecule has 5 heteroatoms. The summed E-state index contributed by atoms with van der Waals surface area (Å²) >= 11 is 0.